The summed E-state index contributed by atoms with van der Waals surface area (Å²) in [6, 6.07) is -0.217. The molecule has 2 N–H and O–H groups in total. The minimum absolute atomic E-state index is 0.00166. The number of primary amides is 1. The Balaban J connectivity index is 1.86. The van der Waals surface area contributed by atoms with Gasteiger partial charge in [-0.05, 0) is 12.8 Å². The van der Waals surface area contributed by atoms with Crippen molar-refractivity contribution in [3.8, 4) is 0 Å². The molecule has 0 aromatic carbocycles. The number of likely N-dealkylation sites (tertiary alicyclic amines) is 2. The summed E-state index contributed by atoms with van der Waals surface area (Å²) in [7, 11) is 1.64. The number of rotatable bonds is 6. The van der Waals surface area contributed by atoms with Crippen molar-refractivity contribution in [3.05, 3.63) is 0 Å². The Hall–Kier alpha value is -1.70. The van der Waals surface area contributed by atoms with Gasteiger partial charge in [0.15, 0.2) is 0 Å². The highest BCUT2D eigenvalue weighted by molar-refractivity contribution is 5.85. The van der Waals surface area contributed by atoms with Crippen LogP contribution in [0.3, 0.4) is 0 Å². The maximum atomic E-state index is 13.6. The van der Waals surface area contributed by atoms with Gasteiger partial charge in [0.05, 0.1) is 13.1 Å². The van der Waals surface area contributed by atoms with Gasteiger partial charge in [-0.15, -0.1) is 0 Å². The normalized spacial score (nSPS) is 25.7. The molecule has 22 heavy (non-hydrogen) atoms. The first kappa shape index (κ1) is 16.7. The van der Waals surface area contributed by atoms with Gasteiger partial charge in [0.25, 0.3) is 0 Å². The van der Waals surface area contributed by atoms with Crippen molar-refractivity contribution in [1.29, 1.82) is 0 Å². The Kier molecular flexibility index (Phi) is 5.33. The average Bonchev–Trinajstić information content (AvgIpc) is 2.96. The van der Waals surface area contributed by atoms with E-state index < -0.39 is 12.1 Å². The van der Waals surface area contributed by atoms with Crippen LogP contribution in [0.15, 0.2) is 0 Å². The van der Waals surface area contributed by atoms with Crippen molar-refractivity contribution in [2.45, 2.75) is 31.5 Å². The Morgan fingerprint density at radius 2 is 2.14 bits per heavy atom. The maximum Gasteiger partial charge on any atom is 0.241 e. The zero-order valence-corrected chi connectivity index (χ0v) is 12.8. The first-order chi connectivity index (χ1) is 10.4. The van der Waals surface area contributed by atoms with Gasteiger partial charge in [0.2, 0.25) is 17.7 Å². The van der Waals surface area contributed by atoms with Gasteiger partial charge < -0.3 is 15.5 Å². The lowest BCUT2D eigenvalue weighted by Crippen LogP contribution is -2.46. The largest absolute Gasteiger partial charge is 0.369 e. The van der Waals surface area contributed by atoms with Crippen LogP contribution in [-0.4, -0.2) is 84.4 Å². The second-order valence-corrected chi connectivity index (χ2v) is 6.08. The first-order valence-electron chi connectivity index (χ1n) is 7.55. The molecule has 0 spiro atoms. The van der Waals surface area contributed by atoms with Gasteiger partial charge in [0.1, 0.15) is 6.17 Å². The second-order valence-electron chi connectivity index (χ2n) is 6.08. The summed E-state index contributed by atoms with van der Waals surface area (Å²) in [6.45, 7) is 1.17. The van der Waals surface area contributed by atoms with E-state index in [1.54, 1.807) is 16.8 Å². The number of amides is 3. The van der Waals surface area contributed by atoms with Gasteiger partial charge in [0, 0.05) is 39.1 Å². The highest BCUT2D eigenvalue weighted by Crippen LogP contribution is 2.20. The van der Waals surface area contributed by atoms with Crippen LogP contribution >= 0.6 is 0 Å². The Morgan fingerprint density at radius 1 is 1.41 bits per heavy atom. The van der Waals surface area contributed by atoms with Gasteiger partial charge in [-0.1, -0.05) is 0 Å². The zero-order valence-electron chi connectivity index (χ0n) is 12.8. The fourth-order valence-corrected chi connectivity index (χ4v) is 3.08. The summed E-state index contributed by atoms with van der Waals surface area (Å²) < 4.78 is 13.6. The van der Waals surface area contributed by atoms with E-state index in [4.69, 9.17) is 5.73 Å². The molecule has 2 heterocycles. The van der Waals surface area contributed by atoms with Crippen molar-refractivity contribution in [2.24, 2.45) is 5.73 Å². The molecule has 0 saturated carbocycles. The fourth-order valence-electron chi connectivity index (χ4n) is 3.08. The standard InChI is InChI=1S/C14H23FN4O3/c1-17(14(22)9-18-4-2-3-13(18)21)7-11-5-10(15)6-19(11)8-12(16)20/h10-11H,2-9H2,1H3,(H2,16,20)/t10-,11-/m0/s1. The predicted molar refractivity (Wildman–Crippen MR) is 77.5 cm³/mol. The molecule has 0 aromatic heterocycles. The molecule has 3 amide bonds. The molecule has 0 radical (unpaired) electrons. The molecule has 7 nitrogen and oxygen atoms in total. The molecule has 2 saturated heterocycles. The predicted octanol–water partition coefficient (Wildman–Crippen LogP) is -1.04. The molecule has 124 valence electrons. The fraction of sp³-hybridized carbons (Fsp3) is 0.786. The molecule has 2 rings (SSSR count). The van der Waals surface area contributed by atoms with E-state index in [2.05, 4.69) is 0 Å². The third-order valence-electron chi connectivity index (χ3n) is 4.24. The number of hydrogen-bond donors (Lipinski definition) is 1. The quantitative estimate of drug-likeness (QED) is 0.679. The van der Waals surface area contributed by atoms with Crippen molar-refractivity contribution >= 4 is 17.7 Å². The van der Waals surface area contributed by atoms with Gasteiger partial charge in [-0.3, -0.25) is 19.3 Å². The monoisotopic (exact) mass is 314 g/mol. The number of alkyl halides is 1. The van der Waals surface area contributed by atoms with Crippen LogP contribution < -0.4 is 5.73 Å². The number of halogens is 1. The Bertz CT molecular complexity index is 459. The minimum atomic E-state index is -1.01. The molecule has 0 bridgehead atoms. The highest BCUT2D eigenvalue weighted by atomic mass is 19.1. The van der Waals surface area contributed by atoms with Gasteiger partial charge in [-0.2, -0.15) is 0 Å². The molecule has 0 aromatic rings. The first-order valence-corrected chi connectivity index (χ1v) is 7.55. The summed E-state index contributed by atoms with van der Waals surface area (Å²) in [5.74, 6) is -0.672. The number of carbonyl (C=O) groups excluding carboxylic acids is 3. The minimum Gasteiger partial charge on any atom is -0.369 e. The summed E-state index contributed by atoms with van der Waals surface area (Å²) >= 11 is 0. The molecular formula is C14H23FN4O3. The Morgan fingerprint density at radius 3 is 2.73 bits per heavy atom. The topological polar surface area (TPSA) is 86.9 Å². The Labute approximate surface area is 129 Å². The van der Waals surface area contributed by atoms with Crippen LogP contribution in [0.5, 0.6) is 0 Å². The smallest absolute Gasteiger partial charge is 0.241 e. The maximum absolute atomic E-state index is 13.6. The lowest BCUT2D eigenvalue weighted by atomic mass is 10.2. The molecule has 0 aliphatic carbocycles. The van der Waals surface area contributed by atoms with E-state index in [0.717, 1.165) is 6.42 Å². The number of likely N-dealkylation sites (N-methyl/N-ethyl adjacent to an activating group) is 1. The SMILES string of the molecule is CN(C[C@@H]1C[C@H](F)CN1CC(N)=O)C(=O)CN1CCCC1=O. The van der Waals surface area contributed by atoms with Gasteiger partial charge in [-0.25, -0.2) is 4.39 Å². The molecule has 2 atom stereocenters. The molecule has 2 aliphatic rings. The van der Waals surface area contributed by atoms with Crippen molar-refractivity contribution in [3.63, 3.8) is 0 Å². The van der Waals surface area contributed by atoms with Crippen molar-refractivity contribution < 1.29 is 18.8 Å². The third kappa shape index (κ3) is 4.16. The number of nitrogens with zero attached hydrogens (tertiary/aromatic N) is 3. The van der Waals surface area contributed by atoms with Crippen LogP contribution in [0.25, 0.3) is 0 Å². The van der Waals surface area contributed by atoms with Crippen molar-refractivity contribution in [1.82, 2.24) is 14.7 Å². The average molecular weight is 314 g/mol. The highest BCUT2D eigenvalue weighted by Gasteiger charge is 2.34. The summed E-state index contributed by atoms with van der Waals surface area (Å²) in [6.07, 6.45) is 0.560. The van der Waals surface area contributed by atoms with Gasteiger partial charge >= 0.3 is 0 Å². The summed E-state index contributed by atoms with van der Waals surface area (Å²) in [5, 5.41) is 0. The van der Waals surface area contributed by atoms with E-state index in [1.165, 1.54) is 4.90 Å². The van der Waals surface area contributed by atoms with Crippen LogP contribution in [-0.2, 0) is 14.4 Å². The van der Waals surface area contributed by atoms with E-state index in [-0.39, 0.29) is 43.9 Å². The molecule has 0 unspecified atom stereocenters. The molecule has 2 fully saturated rings. The zero-order chi connectivity index (χ0) is 16.3. The van der Waals surface area contributed by atoms with Crippen molar-refractivity contribution in [2.75, 3.05) is 39.8 Å². The lowest BCUT2D eigenvalue weighted by Gasteiger charge is -2.28. The van der Waals surface area contributed by atoms with E-state index in [9.17, 15) is 18.8 Å². The number of carbonyl (C=O) groups is 3. The summed E-state index contributed by atoms with van der Waals surface area (Å²) in [5.41, 5.74) is 5.17. The van der Waals surface area contributed by atoms with E-state index in [0.29, 0.717) is 19.5 Å². The lowest BCUT2D eigenvalue weighted by molar-refractivity contribution is -0.137. The number of hydrogen-bond acceptors (Lipinski definition) is 4. The van der Waals surface area contributed by atoms with Crippen LogP contribution in [0.4, 0.5) is 4.39 Å². The van der Waals surface area contributed by atoms with E-state index >= 15 is 0 Å². The summed E-state index contributed by atoms with van der Waals surface area (Å²) in [4.78, 5) is 39.5. The van der Waals surface area contributed by atoms with E-state index in [1.807, 2.05) is 0 Å². The molecule has 2 aliphatic heterocycles. The van der Waals surface area contributed by atoms with Crippen LogP contribution in [0.2, 0.25) is 0 Å². The number of nitrogens with two attached hydrogens (primary N) is 1. The molecule has 8 heteroatoms. The van der Waals surface area contributed by atoms with Crippen LogP contribution in [0, 0.1) is 0 Å². The third-order valence-corrected chi connectivity index (χ3v) is 4.24. The second kappa shape index (κ2) is 7.04. The van der Waals surface area contributed by atoms with Crippen LogP contribution in [0.1, 0.15) is 19.3 Å². The molecular weight excluding hydrogens is 291 g/mol.